The SMILES string of the molecule is CCC/C=C\CCCCCCCC(=O)OCC(COC(OCC[N+](C)(C)C)C(=O)[O-])OC(=O)CCCCCCCCCCCCCCC/C=C\CCCCCCCCCC. The zero-order chi connectivity index (χ0) is 44.2. The lowest BCUT2D eigenvalue weighted by Crippen LogP contribution is -2.44. The number of unbranched alkanes of at least 4 members (excludes halogenated alkanes) is 27. The number of esters is 2. The number of quaternary nitrogens is 1. The third-order valence-electron chi connectivity index (χ3n) is 10.9. The quantitative estimate of drug-likeness (QED) is 0.0196. The number of hydrogen-bond donors (Lipinski definition) is 0. The molecule has 0 amide bonds. The van der Waals surface area contributed by atoms with Crippen molar-refractivity contribution < 1.29 is 42.9 Å². The highest BCUT2D eigenvalue weighted by Gasteiger charge is 2.22. The summed E-state index contributed by atoms with van der Waals surface area (Å²) in [7, 11) is 5.91. The highest BCUT2D eigenvalue weighted by Crippen LogP contribution is 2.15. The van der Waals surface area contributed by atoms with E-state index in [1.165, 1.54) is 135 Å². The Morgan fingerprint density at radius 3 is 1.30 bits per heavy atom. The molecule has 0 bridgehead atoms. The zero-order valence-electron chi connectivity index (χ0n) is 39.8. The van der Waals surface area contributed by atoms with Gasteiger partial charge in [0, 0.05) is 12.8 Å². The lowest BCUT2D eigenvalue weighted by molar-refractivity contribution is -0.870. The average Bonchev–Trinajstić information content (AvgIpc) is 3.21. The molecule has 0 aliphatic heterocycles. The lowest BCUT2D eigenvalue weighted by atomic mass is 10.0. The summed E-state index contributed by atoms with van der Waals surface area (Å²) in [6.07, 6.45) is 45.2. The second-order valence-corrected chi connectivity index (χ2v) is 18.1. The summed E-state index contributed by atoms with van der Waals surface area (Å²) in [4.78, 5) is 37.0. The predicted octanol–water partition coefficient (Wildman–Crippen LogP) is 12.3. The molecule has 0 fully saturated rings. The fourth-order valence-electron chi connectivity index (χ4n) is 7.00. The van der Waals surface area contributed by atoms with Gasteiger partial charge in [0.1, 0.15) is 13.2 Å². The van der Waals surface area contributed by atoms with Crippen molar-refractivity contribution in [3.8, 4) is 0 Å². The molecule has 60 heavy (non-hydrogen) atoms. The van der Waals surface area contributed by atoms with Crippen molar-refractivity contribution in [2.45, 2.75) is 238 Å². The van der Waals surface area contributed by atoms with Crippen LogP contribution in [0.1, 0.15) is 226 Å². The van der Waals surface area contributed by atoms with Gasteiger partial charge in [-0.15, -0.1) is 0 Å². The molecule has 0 radical (unpaired) electrons. The Kier molecular flexibility index (Phi) is 41.8. The summed E-state index contributed by atoms with van der Waals surface area (Å²) in [6.45, 7) is 4.68. The number of rotatable bonds is 46. The molecule has 9 nitrogen and oxygen atoms in total. The molecule has 352 valence electrons. The number of hydrogen-bond acceptors (Lipinski definition) is 8. The Balaban J connectivity index is 4.20. The number of allylic oxidation sites excluding steroid dienone is 4. The summed E-state index contributed by atoms with van der Waals surface area (Å²) in [5.41, 5.74) is 0. The second kappa shape index (κ2) is 43.4. The van der Waals surface area contributed by atoms with Crippen LogP contribution >= 0.6 is 0 Å². The van der Waals surface area contributed by atoms with Crippen LogP contribution in [0.2, 0.25) is 0 Å². The Hall–Kier alpha value is -2.23. The Morgan fingerprint density at radius 2 is 0.883 bits per heavy atom. The van der Waals surface area contributed by atoms with E-state index in [1.807, 2.05) is 21.1 Å². The number of carboxylic acid groups (broad SMARTS) is 1. The Morgan fingerprint density at radius 1 is 0.483 bits per heavy atom. The highest BCUT2D eigenvalue weighted by atomic mass is 16.7. The fraction of sp³-hybridized carbons (Fsp3) is 0.863. The van der Waals surface area contributed by atoms with Crippen LogP contribution in [0.4, 0.5) is 0 Å². The standard InChI is InChI=1S/C51H95NO8/c1-6-8-10-12-14-16-18-19-20-21-22-23-24-25-26-27-28-29-30-31-32-34-36-38-40-42-49(54)60-47(46-59-51(50(55)56)57-44-43-52(3,4)5)45-58-48(53)41-39-37-35-33-17-15-13-11-9-7-2/h11,13,21-22,47,51H,6-10,12,14-20,23-46H2,1-5H3/b13-11-,22-21-. The second-order valence-electron chi connectivity index (χ2n) is 18.1. The molecule has 0 aromatic rings. The molecule has 9 heteroatoms. The van der Waals surface area contributed by atoms with E-state index in [-0.39, 0.29) is 38.6 Å². The molecule has 2 atom stereocenters. The summed E-state index contributed by atoms with van der Waals surface area (Å²) >= 11 is 0. The lowest BCUT2D eigenvalue weighted by Gasteiger charge is -2.26. The van der Waals surface area contributed by atoms with Gasteiger partial charge in [-0.25, -0.2) is 0 Å². The average molecular weight is 850 g/mol. The van der Waals surface area contributed by atoms with Gasteiger partial charge in [0.05, 0.1) is 40.3 Å². The molecular formula is C51H95NO8. The number of carbonyl (C=O) groups excluding carboxylic acids is 3. The van der Waals surface area contributed by atoms with Crippen molar-refractivity contribution >= 4 is 17.9 Å². The minimum absolute atomic E-state index is 0.148. The molecule has 0 rings (SSSR count). The van der Waals surface area contributed by atoms with Crippen LogP contribution < -0.4 is 5.11 Å². The van der Waals surface area contributed by atoms with E-state index in [2.05, 4.69) is 38.2 Å². The first-order valence-electron chi connectivity index (χ1n) is 25.0. The van der Waals surface area contributed by atoms with Crippen LogP contribution in [0.25, 0.3) is 0 Å². The summed E-state index contributed by atoms with van der Waals surface area (Å²) < 4.78 is 22.5. The van der Waals surface area contributed by atoms with E-state index < -0.39 is 24.3 Å². The van der Waals surface area contributed by atoms with Crippen LogP contribution in [0.15, 0.2) is 24.3 Å². The van der Waals surface area contributed by atoms with Gasteiger partial charge >= 0.3 is 11.9 Å². The third-order valence-corrected chi connectivity index (χ3v) is 10.9. The van der Waals surface area contributed by atoms with Crippen LogP contribution in [-0.2, 0) is 33.3 Å². The first-order valence-corrected chi connectivity index (χ1v) is 25.0. The predicted molar refractivity (Wildman–Crippen MR) is 246 cm³/mol. The maximum absolute atomic E-state index is 12.8. The van der Waals surface area contributed by atoms with Crippen molar-refractivity contribution in [3.05, 3.63) is 24.3 Å². The van der Waals surface area contributed by atoms with Gasteiger partial charge in [-0.1, -0.05) is 179 Å². The van der Waals surface area contributed by atoms with E-state index in [9.17, 15) is 19.5 Å². The molecule has 0 saturated heterocycles. The monoisotopic (exact) mass is 850 g/mol. The van der Waals surface area contributed by atoms with E-state index in [0.29, 0.717) is 17.4 Å². The van der Waals surface area contributed by atoms with Crippen molar-refractivity contribution in [1.82, 2.24) is 0 Å². The molecule has 0 aliphatic carbocycles. The molecule has 0 heterocycles. The maximum Gasteiger partial charge on any atom is 0.306 e. The molecule has 0 aliphatic rings. The summed E-state index contributed by atoms with van der Waals surface area (Å²) in [5, 5.41) is 11.7. The van der Waals surface area contributed by atoms with Gasteiger partial charge < -0.3 is 33.3 Å². The number of aliphatic carboxylic acids is 1. The minimum atomic E-state index is -1.62. The Labute approximate surface area is 369 Å². The van der Waals surface area contributed by atoms with Crippen LogP contribution in [0.3, 0.4) is 0 Å². The maximum atomic E-state index is 12.8. The van der Waals surface area contributed by atoms with Crippen LogP contribution in [0.5, 0.6) is 0 Å². The van der Waals surface area contributed by atoms with E-state index >= 15 is 0 Å². The molecule has 0 saturated carbocycles. The smallest absolute Gasteiger partial charge is 0.306 e. The van der Waals surface area contributed by atoms with Gasteiger partial charge in [-0.3, -0.25) is 9.59 Å². The first kappa shape index (κ1) is 57.8. The van der Waals surface area contributed by atoms with Gasteiger partial charge in [0.2, 0.25) is 0 Å². The van der Waals surface area contributed by atoms with Crippen molar-refractivity contribution in [1.29, 1.82) is 0 Å². The number of carboxylic acids is 1. The third kappa shape index (κ3) is 43.8. The van der Waals surface area contributed by atoms with Gasteiger partial charge in [0.15, 0.2) is 12.4 Å². The molecule has 2 unspecified atom stereocenters. The van der Waals surface area contributed by atoms with Gasteiger partial charge in [0.25, 0.3) is 0 Å². The molecule has 0 aromatic carbocycles. The zero-order valence-corrected chi connectivity index (χ0v) is 39.8. The normalized spacial score (nSPS) is 13.0. The fourth-order valence-corrected chi connectivity index (χ4v) is 7.00. The molecular weight excluding hydrogens is 755 g/mol. The first-order chi connectivity index (χ1) is 29.1. The number of ether oxygens (including phenoxy) is 4. The number of carbonyl (C=O) groups is 3. The van der Waals surface area contributed by atoms with E-state index in [4.69, 9.17) is 18.9 Å². The highest BCUT2D eigenvalue weighted by molar-refractivity contribution is 5.70. The number of likely N-dealkylation sites (N-methyl/N-ethyl adjacent to an activating group) is 1. The van der Waals surface area contributed by atoms with Crippen molar-refractivity contribution in [2.24, 2.45) is 0 Å². The molecule has 0 N–H and O–H groups in total. The number of nitrogens with zero attached hydrogens (tertiary/aromatic N) is 1. The summed E-state index contributed by atoms with van der Waals surface area (Å²) in [5.74, 6) is -2.29. The van der Waals surface area contributed by atoms with Gasteiger partial charge in [-0.2, -0.15) is 0 Å². The van der Waals surface area contributed by atoms with Gasteiger partial charge in [-0.05, 0) is 57.8 Å². The topological polar surface area (TPSA) is 111 Å². The van der Waals surface area contributed by atoms with E-state index in [0.717, 1.165) is 57.8 Å². The molecule has 0 spiro atoms. The van der Waals surface area contributed by atoms with Crippen molar-refractivity contribution in [3.63, 3.8) is 0 Å². The van der Waals surface area contributed by atoms with Crippen LogP contribution in [-0.4, -0.2) is 82.3 Å². The van der Waals surface area contributed by atoms with Crippen molar-refractivity contribution in [2.75, 3.05) is 47.5 Å². The van der Waals surface area contributed by atoms with Crippen LogP contribution in [0, 0.1) is 0 Å². The Bertz CT molecular complexity index is 1040. The summed E-state index contributed by atoms with van der Waals surface area (Å²) in [6, 6.07) is 0. The van der Waals surface area contributed by atoms with E-state index in [1.54, 1.807) is 0 Å². The minimum Gasteiger partial charge on any atom is -0.545 e. The largest absolute Gasteiger partial charge is 0.545 e. The molecule has 0 aromatic heterocycles.